The fourth-order valence-electron chi connectivity index (χ4n) is 1.51. The quantitative estimate of drug-likeness (QED) is 0.901. The van der Waals surface area contributed by atoms with Crippen molar-refractivity contribution in [2.75, 3.05) is 19.5 Å². The summed E-state index contributed by atoms with van der Waals surface area (Å²) in [5.74, 6) is 2.04. The number of halogens is 2. The van der Waals surface area contributed by atoms with E-state index in [9.17, 15) is 0 Å². The standard InChI is InChI=1S/C13H12BrClN2O2/c1-18-9-3-8(4-10(5-9)19-2)17-13-6-12(15)11(14)7-16-13/h3-7H,1-2H3,(H,16,17). The number of hydrogen-bond donors (Lipinski definition) is 1. The zero-order valence-corrected chi connectivity index (χ0v) is 12.7. The van der Waals surface area contributed by atoms with E-state index in [0.29, 0.717) is 22.3 Å². The molecule has 0 aliphatic heterocycles. The van der Waals surface area contributed by atoms with E-state index < -0.39 is 0 Å². The Morgan fingerprint density at radius 3 is 2.26 bits per heavy atom. The summed E-state index contributed by atoms with van der Waals surface area (Å²) in [7, 11) is 3.21. The first kappa shape index (κ1) is 14.0. The fraction of sp³-hybridized carbons (Fsp3) is 0.154. The highest BCUT2D eigenvalue weighted by molar-refractivity contribution is 9.10. The normalized spacial score (nSPS) is 10.1. The maximum atomic E-state index is 6.02. The summed E-state index contributed by atoms with van der Waals surface area (Å²) in [5, 5.41) is 3.74. The van der Waals surface area contributed by atoms with Gasteiger partial charge < -0.3 is 14.8 Å². The number of anilines is 2. The number of aromatic nitrogens is 1. The molecular formula is C13H12BrClN2O2. The first-order chi connectivity index (χ1) is 9.12. The summed E-state index contributed by atoms with van der Waals surface area (Å²) < 4.78 is 11.2. The Kier molecular flexibility index (Phi) is 4.50. The van der Waals surface area contributed by atoms with E-state index in [4.69, 9.17) is 21.1 Å². The third-order valence-corrected chi connectivity index (χ3v) is 3.61. The largest absolute Gasteiger partial charge is 0.497 e. The second kappa shape index (κ2) is 6.12. The summed E-state index contributed by atoms with van der Waals surface area (Å²) in [6.45, 7) is 0. The van der Waals surface area contributed by atoms with Crippen molar-refractivity contribution in [2.45, 2.75) is 0 Å². The van der Waals surface area contributed by atoms with Gasteiger partial charge in [0.1, 0.15) is 17.3 Å². The number of nitrogens with zero attached hydrogens (tertiary/aromatic N) is 1. The lowest BCUT2D eigenvalue weighted by atomic mass is 10.2. The molecule has 0 unspecified atom stereocenters. The SMILES string of the molecule is COc1cc(Nc2cc(Cl)c(Br)cn2)cc(OC)c1. The van der Waals surface area contributed by atoms with Crippen LogP contribution in [-0.4, -0.2) is 19.2 Å². The lowest BCUT2D eigenvalue weighted by Gasteiger charge is -2.10. The molecule has 0 radical (unpaired) electrons. The fourth-order valence-corrected chi connectivity index (χ4v) is 1.88. The molecule has 0 saturated carbocycles. The second-order valence-electron chi connectivity index (χ2n) is 3.71. The van der Waals surface area contributed by atoms with Crippen molar-refractivity contribution in [1.82, 2.24) is 4.98 Å². The van der Waals surface area contributed by atoms with Gasteiger partial charge in [0.05, 0.1) is 23.7 Å². The van der Waals surface area contributed by atoms with Gasteiger partial charge in [0.2, 0.25) is 0 Å². The number of methoxy groups -OCH3 is 2. The van der Waals surface area contributed by atoms with E-state index in [0.717, 1.165) is 10.2 Å². The van der Waals surface area contributed by atoms with Crippen molar-refractivity contribution in [1.29, 1.82) is 0 Å². The van der Waals surface area contributed by atoms with Crippen LogP contribution in [0.1, 0.15) is 0 Å². The Bertz CT molecular complexity index is 571. The molecule has 4 nitrogen and oxygen atoms in total. The first-order valence-corrected chi connectivity index (χ1v) is 6.60. The second-order valence-corrected chi connectivity index (χ2v) is 4.97. The smallest absolute Gasteiger partial charge is 0.131 e. The maximum Gasteiger partial charge on any atom is 0.131 e. The average Bonchev–Trinajstić information content (AvgIpc) is 2.42. The van der Waals surface area contributed by atoms with E-state index in [1.165, 1.54) is 0 Å². The predicted molar refractivity (Wildman–Crippen MR) is 79.8 cm³/mol. The molecule has 1 N–H and O–H groups in total. The van der Waals surface area contributed by atoms with Crippen LogP contribution < -0.4 is 14.8 Å². The molecule has 100 valence electrons. The summed E-state index contributed by atoms with van der Waals surface area (Å²) in [6, 6.07) is 7.23. The molecule has 0 bridgehead atoms. The molecule has 2 aromatic rings. The highest BCUT2D eigenvalue weighted by atomic mass is 79.9. The van der Waals surface area contributed by atoms with Crippen molar-refractivity contribution in [3.8, 4) is 11.5 Å². The van der Waals surface area contributed by atoms with Crippen LogP contribution in [0.15, 0.2) is 34.9 Å². The minimum Gasteiger partial charge on any atom is -0.497 e. The third-order valence-electron chi connectivity index (χ3n) is 2.43. The van der Waals surface area contributed by atoms with Crippen molar-refractivity contribution in [3.63, 3.8) is 0 Å². The van der Waals surface area contributed by atoms with E-state index in [1.54, 1.807) is 32.5 Å². The van der Waals surface area contributed by atoms with Crippen molar-refractivity contribution < 1.29 is 9.47 Å². The van der Waals surface area contributed by atoms with Crippen LogP contribution in [0.5, 0.6) is 11.5 Å². The monoisotopic (exact) mass is 342 g/mol. The molecule has 19 heavy (non-hydrogen) atoms. The molecule has 1 aromatic heterocycles. The van der Waals surface area contributed by atoms with Gasteiger partial charge >= 0.3 is 0 Å². The molecule has 0 aliphatic carbocycles. The Morgan fingerprint density at radius 2 is 1.74 bits per heavy atom. The highest BCUT2D eigenvalue weighted by Crippen LogP contribution is 2.29. The van der Waals surface area contributed by atoms with Gasteiger partial charge in [-0.1, -0.05) is 11.6 Å². The maximum absolute atomic E-state index is 6.02. The minimum atomic E-state index is 0.590. The molecule has 0 atom stereocenters. The molecule has 1 aromatic carbocycles. The Labute approximate surface area is 124 Å². The van der Waals surface area contributed by atoms with Crippen molar-refractivity contribution in [2.24, 2.45) is 0 Å². The Morgan fingerprint density at radius 1 is 1.11 bits per heavy atom. The number of nitrogens with one attached hydrogen (secondary N) is 1. The van der Waals surface area contributed by atoms with Crippen LogP contribution in [0.2, 0.25) is 5.02 Å². The van der Waals surface area contributed by atoms with E-state index >= 15 is 0 Å². The van der Waals surface area contributed by atoms with Gasteiger partial charge in [-0.3, -0.25) is 0 Å². The highest BCUT2D eigenvalue weighted by Gasteiger charge is 2.04. The number of ether oxygens (including phenoxy) is 2. The topological polar surface area (TPSA) is 43.4 Å². The molecule has 1 heterocycles. The van der Waals surface area contributed by atoms with E-state index in [2.05, 4.69) is 26.2 Å². The van der Waals surface area contributed by atoms with Gasteiger partial charge in [0, 0.05) is 36.1 Å². The van der Waals surface area contributed by atoms with Crippen LogP contribution in [0, 0.1) is 0 Å². The van der Waals surface area contributed by atoms with Gasteiger partial charge in [-0.25, -0.2) is 4.98 Å². The minimum absolute atomic E-state index is 0.590. The summed E-state index contributed by atoms with van der Waals surface area (Å²) in [6.07, 6.45) is 1.64. The lowest BCUT2D eigenvalue weighted by Crippen LogP contribution is -1.95. The zero-order valence-electron chi connectivity index (χ0n) is 10.4. The molecular weight excluding hydrogens is 332 g/mol. The number of benzene rings is 1. The lowest BCUT2D eigenvalue weighted by molar-refractivity contribution is 0.395. The summed E-state index contributed by atoms with van der Waals surface area (Å²) in [5.41, 5.74) is 0.807. The molecule has 0 spiro atoms. The summed E-state index contributed by atoms with van der Waals surface area (Å²) >= 11 is 9.32. The van der Waals surface area contributed by atoms with Crippen molar-refractivity contribution in [3.05, 3.63) is 40.0 Å². The molecule has 0 fully saturated rings. The number of pyridine rings is 1. The Hall–Kier alpha value is -1.46. The zero-order chi connectivity index (χ0) is 13.8. The molecule has 0 aliphatic rings. The van der Waals surface area contributed by atoms with Crippen molar-refractivity contribution >= 4 is 39.0 Å². The molecule has 0 amide bonds. The van der Waals surface area contributed by atoms with Crippen LogP contribution >= 0.6 is 27.5 Å². The number of hydrogen-bond acceptors (Lipinski definition) is 4. The Balaban J connectivity index is 2.29. The summed E-state index contributed by atoms with van der Waals surface area (Å²) in [4.78, 5) is 4.22. The molecule has 2 rings (SSSR count). The van der Waals surface area contributed by atoms with Crippen LogP contribution in [0.4, 0.5) is 11.5 Å². The van der Waals surface area contributed by atoms with Gasteiger partial charge in [-0.2, -0.15) is 0 Å². The molecule has 0 saturated heterocycles. The van der Waals surface area contributed by atoms with Crippen LogP contribution in [-0.2, 0) is 0 Å². The van der Waals surface area contributed by atoms with Gasteiger partial charge in [-0.05, 0) is 15.9 Å². The average molecular weight is 344 g/mol. The third kappa shape index (κ3) is 3.52. The van der Waals surface area contributed by atoms with Gasteiger partial charge in [0.25, 0.3) is 0 Å². The molecule has 6 heteroatoms. The van der Waals surface area contributed by atoms with E-state index in [1.807, 2.05) is 12.1 Å². The van der Waals surface area contributed by atoms with Gasteiger partial charge in [0.15, 0.2) is 0 Å². The number of rotatable bonds is 4. The predicted octanol–water partition coefficient (Wildman–Crippen LogP) is 4.26. The van der Waals surface area contributed by atoms with E-state index in [-0.39, 0.29) is 0 Å². The van der Waals surface area contributed by atoms with Crippen LogP contribution in [0.25, 0.3) is 0 Å². The van der Waals surface area contributed by atoms with Gasteiger partial charge in [-0.15, -0.1) is 0 Å². The van der Waals surface area contributed by atoms with Crippen LogP contribution in [0.3, 0.4) is 0 Å². The first-order valence-electron chi connectivity index (χ1n) is 5.43.